The van der Waals surface area contributed by atoms with Crippen molar-refractivity contribution in [1.29, 1.82) is 0 Å². The SMILES string of the molecule is c1ccc(-c2nc3cccc4c3n2-c2ccc(-c3ccc5c(c3)C3(c6ccccc6-5)c5ccccc5C5(c6ccccc6-c6ccccc65)c5ccccc53)cc2N4c2ccccc2)cc1. The Kier molecular flexibility index (Phi) is 7.08. The van der Waals surface area contributed by atoms with Crippen molar-refractivity contribution in [2.24, 2.45) is 0 Å². The molecule has 0 radical (unpaired) electrons. The van der Waals surface area contributed by atoms with E-state index in [9.17, 15) is 0 Å². The Labute approximate surface area is 383 Å². The van der Waals surface area contributed by atoms with Crippen molar-refractivity contribution in [3.05, 3.63) is 281 Å². The molecule has 15 rings (SSSR count). The number of fused-ring (bicyclic) bond motifs is 18. The third-order valence-electron chi connectivity index (χ3n) is 15.2. The molecule has 0 N–H and O–H groups in total. The second-order valence-electron chi connectivity index (χ2n) is 18.1. The van der Waals surface area contributed by atoms with E-state index in [0.29, 0.717) is 0 Å². The van der Waals surface area contributed by atoms with Gasteiger partial charge < -0.3 is 4.90 Å². The molecule has 1 aliphatic heterocycles. The van der Waals surface area contributed by atoms with Gasteiger partial charge in [0, 0.05) is 11.3 Å². The molecule has 10 aromatic carbocycles. The number of para-hydroxylation sites is 2. The van der Waals surface area contributed by atoms with Crippen LogP contribution in [0.4, 0.5) is 17.1 Å². The van der Waals surface area contributed by atoms with Gasteiger partial charge in [-0.2, -0.15) is 0 Å². The van der Waals surface area contributed by atoms with Crippen LogP contribution in [0, 0.1) is 0 Å². The molecule has 3 nitrogen and oxygen atoms in total. The molecule has 306 valence electrons. The van der Waals surface area contributed by atoms with Gasteiger partial charge in [0.15, 0.2) is 0 Å². The third-order valence-corrected chi connectivity index (χ3v) is 15.2. The normalized spacial score (nSPS) is 14.6. The molecule has 0 amide bonds. The minimum Gasteiger partial charge on any atom is -0.306 e. The molecule has 66 heavy (non-hydrogen) atoms. The van der Waals surface area contributed by atoms with Crippen molar-refractivity contribution >= 4 is 28.1 Å². The van der Waals surface area contributed by atoms with Crippen LogP contribution in [0.2, 0.25) is 0 Å². The minimum absolute atomic E-state index is 0.478. The van der Waals surface area contributed by atoms with E-state index in [1.165, 1.54) is 72.3 Å². The van der Waals surface area contributed by atoms with Crippen LogP contribution in [0.15, 0.2) is 237 Å². The summed E-state index contributed by atoms with van der Waals surface area (Å²) < 4.78 is 2.37. The Morgan fingerprint density at radius 3 is 1.36 bits per heavy atom. The monoisotopic (exact) mass is 837 g/mol. The van der Waals surface area contributed by atoms with E-state index in [-0.39, 0.29) is 0 Å². The summed E-state index contributed by atoms with van der Waals surface area (Å²) in [5, 5.41) is 0. The predicted molar refractivity (Wildman–Crippen MR) is 268 cm³/mol. The maximum absolute atomic E-state index is 5.29. The molecule has 11 aromatic rings. The molecular formula is C63H39N3. The van der Waals surface area contributed by atoms with E-state index in [0.717, 1.165) is 50.7 Å². The molecule has 4 aliphatic rings. The van der Waals surface area contributed by atoms with Crippen LogP contribution >= 0.6 is 0 Å². The number of aromatic nitrogens is 2. The van der Waals surface area contributed by atoms with E-state index >= 15 is 0 Å². The molecule has 2 heterocycles. The van der Waals surface area contributed by atoms with Crippen LogP contribution in [-0.2, 0) is 10.8 Å². The molecule has 0 atom stereocenters. The van der Waals surface area contributed by atoms with Crippen molar-refractivity contribution in [2.75, 3.05) is 4.90 Å². The summed E-state index contributed by atoms with van der Waals surface area (Å²) in [6.45, 7) is 0. The van der Waals surface area contributed by atoms with E-state index in [4.69, 9.17) is 4.98 Å². The predicted octanol–water partition coefficient (Wildman–Crippen LogP) is 15.2. The van der Waals surface area contributed by atoms with Crippen molar-refractivity contribution in [1.82, 2.24) is 9.55 Å². The Morgan fingerprint density at radius 2 is 0.773 bits per heavy atom. The van der Waals surface area contributed by atoms with Crippen molar-refractivity contribution in [2.45, 2.75) is 10.8 Å². The molecule has 3 heteroatoms. The van der Waals surface area contributed by atoms with E-state index in [1.807, 2.05) is 0 Å². The summed E-state index contributed by atoms with van der Waals surface area (Å²) in [7, 11) is 0. The fraction of sp³-hybridized carbons (Fsp3) is 0.0317. The van der Waals surface area contributed by atoms with Gasteiger partial charge in [-0.25, -0.2) is 4.98 Å². The summed E-state index contributed by atoms with van der Waals surface area (Å²) in [6.07, 6.45) is 0. The van der Waals surface area contributed by atoms with Crippen LogP contribution in [0.1, 0.15) is 44.5 Å². The molecule has 0 saturated carbocycles. The molecule has 0 saturated heterocycles. The summed E-state index contributed by atoms with van der Waals surface area (Å²) in [4.78, 5) is 7.72. The van der Waals surface area contributed by atoms with Gasteiger partial charge in [0.2, 0.25) is 0 Å². The smallest absolute Gasteiger partial charge is 0.145 e. The fourth-order valence-electron chi connectivity index (χ4n) is 12.8. The standard InChI is InChI=1S/C63H39N3/c1-3-18-40(19-4-1)61-64-56-32-17-33-58-60(56)66(61)57-37-35-42(39-59(57)65(58)43-20-5-2-6-21-43)41-34-36-47-46-24-9-12-27-50(46)63(55(47)38-41)53-30-15-13-28-51(53)62(52-29-14-16-31-54(52)63)48-25-10-7-22-44(48)45-23-8-11-26-49(45)62/h1-39H. The highest BCUT2D eigenvalue weighted by molar-refractivity contribution is 6.04. The lowest BCUT2D eigenvalue weighted by atomic mass is 9.52. The highest BCUT2D eigenvalue weighted by Crippen LogP contribution is 2.67. The Bertz CT molecular complexity index is 3750. The first-order valence-electron chi connectivity index (χ1n) is 23.0. The number of benzene rings is 10. The van der Waals surface area contributed by atoms with E-state index in [2.05, 4.69) is 246 Å². The maximum Gasteiger partial charge on any atom is 0.145 e. The lowest BCUT2D eigenvalue weighted by molar-refractivity contribution is 0.633. The molecular weight excluding hydrogens is 799 g/mol. The number of hydrogen-bond acceptors (Lipinski definition) is 2. The lowest BCUT2D eigenvalue weighted by Gasteiger charge is -2.48. The molecule has 3 aliphatic carbocycles. The zero-order chi connectivity index (χ0) is 43.1. The van der Waals surface area contributed by atoms with Gasteiger partial charge in [0.1, 0.15) is 5.82 Å². The Hall–Kier alpha value is -8.53. The highest BCUT2D eigenvalue weighted by atomic mass is 15.2. The second kappa shape index (κ2) is 13.0. The summed E-state index contributed by atoms with van der Waals surface area (Å²) in [5.41, 5.74) is 24.9. The first kappa shape index (κ1) is 35.9. The van der Waals surface area contributed by atoms with Crippen LogP contribution < -0.4 is 4.90 Å². The van der Waals surface area contributed by atoms with Crippen LogP contribution in [0.3, 0.4) is 0 Å². The summed E-state index contributed by atoms with van der Waals surface area (Å²) in [6, 6.07) is 88.3. The van der Waals surface area contributed by atoms with Crippen LogP contribution in [0.5, 0.6) is 0 Å². The third kappa shape index (κ3) is 4.35. The highest BCUT2D eigenvalue weighted by Gasteiger charge is 2.58. The quantitative estimate of drug-likeness (QED) is 0.177. The maximum atomic E-state index is 5.29. The first-order chi connectivity index (χ1) is 32.8. The first-order valence-corrected chi connectivity index (χ1v) is 23.0. The second-order valence-corrected chi connectivity index (χ2v) is 18.1. The van der Waals surface area contributed by atoms with Gasteiger partial charge in [0.05, 0.1) is 38.9 Å². The molecule has 0 unspecified atom stereocenters. The number of nitrogens with zero attached hydrogens (tertiary/aromatic N) is 3. The average molecular weight is 838 g/mol. The molecule has 0 bridgehead atoms. The Balaban J connectivity index is 0.994. The van der Waals surface area contributed by atoms with Gasteiger partial charge in [-0.05, 0) is 120 Å². The summed E-state index contributed by atoms with van der Waals surface area (Å²) in [5.74, 6) is 0.942. The number of imidazole rings is 1. The molecule has 0 fully saturated rings. The van der Waals surface area contributed by atoms with Crippen LogP contribution in [0.25, 0.3) is 61.5 Å². The average Bonchev–Trinajstić information content (AvgIpc) is 4.03. The van der Waals surface area contributed by atoms with E-state index < -0.39 is 10.8 Å². The van der Waals surface area contributed by atoms with Gasteiger partial charge >= 0.3 is 0 Å². The fourth-order valence-corrected chi connectivity index (χ4v) is 12.8. The molecule has 1 aromatic heterocycles. The van der Waals surface area contributed by atoms with Gasteiger partial charge in [-0.3, -0.25) is 4.57 Å². The largest absolute Gasteiger partial charge is 0.306 e. The van der Waals surface area contributed by atoms with E-state index in [1.54, 1.807) is 0 Å². The van der Waals surface area contributed by atoms with Crippen molar-refractivity contribution < 1.29 is 0 Å². The lowest BCUT2D eigenvalue weighted by Crippen LogP contribution is -2.43. The number of hydrogen-bond donors (Lipinski definition) is 0. The zero-order valence-corrected chi connectivity index (χ0v) is 35.9. The summed E-state index contributed by atoms with van der Waals surface area (Å²) >= 11 is 0. The van der Waals surface area contributed by atoms with Crippen LogP contribution in [-0.4, -0.2) is 9.55 Å². The topological polar surface area (TPSA) is 21.1 Å². The Morgan fingerprint density at radius 1 is 0.303 bits per heavy atom. The van der Waals surface area contributed by atoms with Gasteiger partial charge in [-0.15, -0.1) is 0 Å². The molecule has 2 spiro atoms. The van der Waals surface area contributed by atoms with Crippen molar-refractivity contribution in [3.63, 3.8) is 0 Å². The number of rotatable bonds is 3. The van der Waals surface area contributed by atoms with Gasteiger partial charge in [0.25, 0.3) is 0 Å². The van der Waals surface area contributed by atoms with Gasteiger partial charge in [-0.1, -0.05) is 194 Å². The zero-order valence-electron chi connectivity index (χ0n) is 35.9. The number of anilines is 3. The van der Waals surface area contributed by atoms with Crippen molar-refractivity contribution in [3.8, 4) is 50.5 Å². The minimum atomic E-state index is -0.566.